The molecule has 0 aliphatic heterocycles. The maximum absolute atomic E-state index is 13.3. The molecule has 1 atom stereocenters. The molecule has 0 aliphatic carbocycles. The van der Waals surface area contributed by atoms with Crippen molar-refractivity contribution in [1.82, 2.24) is 0 Å². The number of aliphatic imine (C=N–C) groups is 1. The summed E-state index contributed by atoms with van der Waals surface area (Å²) < 4.78 is 15.4. The minimum atomic E-state index is -2.98. The van der Waals surface area contributed by atoms with Crippen LogP contribution in [-0.4, -0.2) is 36.5 Å². The molecule has 0 radical (unpaired) electrons. The molecule has 0 aliphatic rings. The Bertz CT molecular complexity index is 559. The van der Waals surface area contributed by atoms with Gasteiger partial charge in [-0.05, 0) is 0 Å². The van der Waals surface area contributed by atoms with Gasteiger partial charge in [0.15, 0.2) is 0 Å². The molecule has 1 rings (SSSR count). The van der Waals surface area contributed by atoms with Crippen LogP contribution in [0.25, 0.3) is 0 Å². The predicted molar refractivity (Wildman–Crippen MR) is 121 cm³/mol. The van der Waals surface area contributed by atoms with E-state index in [-0.39, 0.29) is 11.9 Å². The summed E-state index contributed by atoms with van der Waals surface area (Å²) in [7, 11) is 0. The van der Waals surface area contributed by atoms with Crippen LogP contribution in [0.2, 0.25) is 13.3 Å². The SMILES string of the molecule is CCC[CH2][Sn]([CH2]CCC)([CH2]CCC)[O]C(=O)C(N=C(C)c1ccco1)C(C)C. The first-order valence-electron chi connectivity index (χ1n) is 11.2. The number of hydrogen-bond donors (Lipinski definition) is 0. The summed E-state index contributed by atoms with van der Waals surface area (Å²) >= 11 is -2.98. The third-order valence-corrected chi connectivity index (χ3v) is 18.0. The number of rotatable bonds is 14. The molecule has 0 aromatic carbocycles. The van der Waals surface area contributed by atoms with E-state index in [4.69, 9.17) is 12.5 Å². The van der Waals surface area contributed by atoms with Gasteiger partial charge in [-0.2, -0.15) is 0 Å². The summed E-state index contributed by atoms with van der Waals surface area (Å²) in [5.74, 6) is 0.723. The van der Waals surface area contributed by atoms with Gasteiger partial charge in [-0.15, -0.1) is 0 Å². The van der Waals surface area contributed by atoms with Crippen molar-refractivity contribution in [1.29, 1.82) is 0 Å². The molecule has 0 saturated carbocycles. The number of hydrogen-bond acceptors (Lipinski definition) is 4. The molecule has 1 aromatic heterocycles. The molecule has 0 saturated heterocycles. The molecule has 0 amide bonds. The summed E-state index contributed by atoms with van der Waals surface area (Å²) in [6, 6.07) is 3.28. The van der Waals surface area contributed by atoms with Gasteiger partial charge in [0.2, 0.25) is 0 Å². The first-order chi connectivity index (χ1) is 13.4. The van der Waals surface area contributed by atoms with Crippen LogP contribution in [0.5, 0.6) is 0 Å². The Hall–Kier alpha value is -0.781. The van der Waals surface area contributed by atoms with E-state index in [0.29, 0.717) is 0 Å². The van der Waals surface area contributed by atoms with E-state index in [0.717, 1.165) is 44.0 Å². The number of carbonyl (C=O) groups excluding carboxylic acids is 1. The van der Waals surface area contributed by atoms with Crippen molar-refractivity contribution in [2.24, 2.45) is 10.9 Å². The average Bonchev–Trinajstić information content (AvgIpc) is 3.21. The van der Waals surface area contributed by atoms with Gasteiger partial charge in [0.25, 0.3) is 0 Å². The van der Waals surface area contributed by atoms with Gasteiger partial charge in [-0.1, -0.05) is 0 Å². The summed E-state index contributed by atoms with van der Waals surface area (Å²) in [6.45, 7) is 12.7. The molecule has 28 heavy (non-hydrogen) atoms. The molecule has 0 fully saturated rings. The van der Waals surface area contributed by atoms with Crippen LogP contribution >= 0.6 is 0 Å². The zero-order valence-electron chi connectivity index (χ0n) is 18.9. The van der Waals surface area contributed by atoms with Gasteiger partial charge >= 0.3 is 177 Å². The Morgan fingerprint density at radius 3 is 2.00 bits per heavy atom. The number of unbranched alkanes of at least 4 members (excludes halogenated alkanes) is 3. The molecule has 160 valence electrons. The summed E-state index contributed by atoms with van der Waals surface area (Å²) in [5.41, 5.74) is 0.761. The quantitative estimate of drug-likeness (QED) is 0.205. The maximum atomic E-state index is 13.3. The monoisotopic (exact) mass is 499 g/mol. The van der Waals surface area contributed by atoms with E-state index in [2.05, 4.69) is 20.8 Å². The first kappa shape index (κ1) is 25.3. The van der Waals surface area contributed by atoms with Gasteiger partial charge in [0.05, 0.1) is 0 Å². The van der Waals surface area contributed by atoms with E-state index in [1.54, 1.807) is 6.26 Å². The van der Waals surface area contributed by atoms with Crippen LogP contribution in [0.3, 0.4) is 0 Å². The molecule has 1 aromatic rings. The first-order valence-corrected chi connectivity index (χ1v) is 18.4. The molecule has 1 heterocycles. The Kier molecular flexibility index (Phi) is 12.1. The normalized spacial score (nSPS) is 13.8. The minimum absolute atomic E-state index is 0.0972. The van der Waals surface area contributed by atoms with Crippen LogP contribution in [0.15, 0.2) is 27.8 Å². The van der Waals surface area contributed by atoms with Crippen molar-refractivity contribution >= 4 is 30.5 Å². The van der Waals surface area contributed by atoms with Crippen LogP contribution in [0.1, 0.15) is 85.8 Å². The topological polar surface area (TPSA) is 51.8 Å². The van der Waals surface area contributed by atoms with Crippen LogP contribution in [0, 0.1) is 5.92 Å². The second kappa shape index (κ2) is 13.4. The van der Waals surface area contributed by atoms with Gasteiger partial charge in [0.1, 0.15) is 0 Å². The second-order valence-corrected chi connectivity index (χ2v) is 19.9. The molecule has 1 unspecified atom stereocenters. The van der Waals surface area contributed by atoms with Crippen molar-refractivity contribution in [3.8, 4) is 0 Å². The van der Waals surface area contributed by atoms with E-state index in [9.17, 15) is 4.79 Å². The van der Waals surface area contributed by atoms with Crippen molar-refractivity contribution in [2.75, 3.05) is 0 Å². The Morgan fingerprint density at radius 1 is 1.07 bits per heavy atom. The fourth-order valence-electron chi connectivity index (χ4n) is 3.53. The third kappa shape index (κ3) is 8.30. The number of furan rings is 1. The van der Waals surface area contributed by atoms with Gasteiger partial charge < -0.3 is 0 Å². The summed E-state index contributed by atoms with van der Waals surface area (Å²) in [6.07, 6.45) is 8.67. The second-order valence-electron chi connectivity index (χ2n) is 8.30. The predicted octanol–water partition coefficient (Wildman–Crippen LogP) is 7.00. The van der Waals surface area contributed by atoms with Gasteiger partial charge in [-0.25, -0.2) is 0 Å². The fourth-order valence-corrected chi connectivity index (χ4v) is 16.7. The Labute approximate surface area is 176 Å². The average molecular weight is 498 g/mol. The number of carbonyl (C=O) groups is 1. The summed E-state index contributed by atoms with van der Waals surface area (Å²) in [4.78, 5) is 18.0. The van der Waals surface area contributed by atoms with Crippen molar-refractivity contribution in [2.45, 2.75) is 99.4 Å². The molecule has 5 heteroatoms. The standard InChI is InChI=1S/C11H15NO3.3C4H9.Sn/c1-7(2)10(11(13)14)12-8(3)9-5-4-6-15-9;3*1-3-4-2;/h4-7,10H,1-3H3,(H,13,14);3*1,3-4H2,2H3;/q;;;;+1/p-1. The van der Waals surface area contributed by atoms with E-state index < -0.39 is 24.8 Å². The van der Waals surface area contributed by atoms with Crippen LogP contribution in [0.4, 0.5) is 0 Å². The molecule has 0 spiro atoms. The zero-order chi connectivity index (χ0) is 21.0. The van der Waals surface area contributed by atoms with E-state index >= 15 is 0 Å². The van der Waals surface area contributed by atoms with Gasteiger partial charge in [0, 0.05) is 0 Å². The Morgan fingerprint density at radius 2 is 1.61 bits per heavy atom. The molecular weight excluding hydrogens is 457 g/mol. The van der Waals surface area contributed by atoms with Crippen molar-refractivity contribution < 1.29 is 12.3 Å². The van der Waals surface area contributed by atoms with E-state index in [1.165, 1.54) is 19.3 Å². The third-order valence-electron chi connectivity index (χ3n) is 5.36. The van der Waals surface area contributed by atoms with Gasteiger partial charge in [-0.3, -0.25) is 0 Å². The van der Waals surface area contributed by atoms with Crippen LogP contribution < -0.4 is 0 Å². The zero-order valence-corrected chi connectivity index (χ0v) is 21.8. The summed E-state index contributed by atoms with van der Waals surface area (Å²) in [5, 5.41) is 0. The molecule has 4 nitrogen and oxygen atoms in total. The molecule has 0 N–H and O–H groups in total. The Balaban J connectivity index is 3.06. The van der Waals surface area contributed by atoms with Crippen molar-refractivity contribution in [3.63, 3.8) is 0 Å². The molecule has 0 bridgehead atoms. The van der Waals surface area contributed by atoms with Crippen molar-refractivity contribution in [3.05, 3.63) is 24.2 Å². The van der Waals surface area contributed by atoms with E-state index in [1.807, 2.05) is 32.9 Å². The fraction of sp³-hybridized carbons (Fsp3) is 0.739. The van der Waals surface area contributed by atoms with Crippen LogP contribution in [-0.2, 0) is 7.87 Å². The molecular formula is C23H41NO3Sn. The number of nitrogens with zero attached hydrogens (tertiary/aromatic N) is 1.